The SMILES string of the molecule is N#CC1CC2(CC=C(OS(=O)(=O)C(F)(F)F)CC2)C1. The molecule has 0 N–H and O–H groups in total. The third-order valence-corrected chi connectivity index (χ3v) is 4.71. The van der Waals surface area contributed by atoms with Gasteiger partial charge in [0.05, 0.1) is 6.07 Å². The van der Waals surface area contributed by atoms with Gasteiger partial charge in [-0.2, -0.15) is 26.9 Å². The molecule has 0 radical (unpaired) electrons. The average molecular weight is 295 g/mol. The first kappa shape index (κ1) is 14.2. The topological polar surface area (TPSA) is 67.2 Å². The number of nitrogens with zero attached hydrogens (tertiary/aromatic N) is 1. The van der Waals surface area contributed by atoms with Gasteiger partial charge in [0.15, 0.2) is 0 Å². The summed E-state index contributed by atoms with van der Waals surface area (Å²) >= 11 is 0. The Labute approximate surface area is 109 Å². The van der Waals surface area contributed by atoms with Gasteiger partial charge in [0.1, 0.15) is 5.76 Å². The molecule has 0 aromatic rings. The van der Waals surface area contributed by atoms with Crippen molar-refractivity contribution in [3.05, 3.63) is 11.8 Å². The lowest BCUT2D eigenvalue weighted by Gasteiger charge is -2.46. The molecule has 4 nitrogen and oxygen atoms in total. The minimum atomic E-state index is -5.56. The van der Waals surface area contributed by atoms with Gasteiger partial charge in [-0.3, -0.25) is 0 Å². The smallest absolute Gasteiger partial charge is 0.381 e. The van der Waals surface area contributed by atoms with Gasteiger partial charge in [-0.15, -0.1) is 0 Å². The van der Waals surface area contributed by atoms with E-state index in [1.165, 1.54) is 6.08 Å². The molecule has 0 aliphatic heterocycles. The summed E-state index contributed by atoms with van der Waals surface area (Å²) in [5.74, 6) is -0.141. The van der Waals surface area contributed by atoms with E-state index < -0.39 is 15.6 Å². The van der Waals surface area contributed by atoms with Gasteiger partial charge >= 0.3 is 15.6 Å². The Morgan fingerprint density at radius 3 is 2.47 bits per heavy atom. The maximum absolute atomic E-state index is 12.1. The molecule has 8 heteroatoms. The number of hydrogen-bond acceptors (Lipinski definition) is 4. The molecule has 1 spiro atoms. The van der Waals surface area contributed by atoms with Crippen LogP contribution >= 0.6 is 0 Å². The summed E-state index contributed by atoms with van der Waals surface area (Å²) in [6, 6.07) is 2.15. The van der Waals surface area contributed by atoms with Crippen molar-refractivity contribution in [2.75, 3.05) is 0 Å². The van der Waals surface area contributed by atoms with Crippen LogP contribution in [0, 0.1) is 22.7 Å². The average Bonchev–Trinajstić information content (AvgIpc) is 2.25. The van der Waals surface area contributed by atoms with Crippen molar-refractivity contribution < 1.29 is 25.8 Å². The van der Waals surface area contributed by atoms with Gasteiger partial charge in [-0.05, 0) is 37.2 Å². The molecule has 2 aliphatic carbocycles. The number of alkyl halides is 3. The van der Waals surface area contributed by atoms with Gasteiger partial charge in [-0.1, -0.05) is 0 Å². The molecule has 19 heavy (non-hydrogen) atoms. The van der Waals surface area contributed by atoms with Crippen molar-refractivity contribution >= 4 is 10.1 Å². The van der Waals surface area contributed by atoms with Crippen LogP contribution in [0.15, 0.2) is 11.8 Å². The number of allylic oxidation sites excluding steroid dienone is 2. The summed E-state index contributed by atoms with van der Waals surface area (Å²) in [5.41, 5.74) is -5.44. The fourth-order valence-corrected chi connectivity index (χ4v) is 3.16. The lowest BCUT2D eigenvalue weighted by molar-refractivity contribution is -0.0527. The summed E-state index contributed by atoms with van der Waals surface area (Å²) in [6.45, 7) is 0. The third kappa shape index (κ3) is 2.71. The molecular formula is C11H12F3NO3S. The van der Waals surface area contributed by atoms with Crippen molar-refractivity contribution in [2.45, 2.75) is 37.6 Å². The van der Waals surface area contributed by atoms with Gasteiger partial charge in [0.2, 0.25) is 0 Å². The molecule has 0 aromatic carbocycles. The van der Waals surface area contributed by atoms with Crippen molar-refractivity contribution in [3.63, 3.8) is 0 Å². The van der Waals surface area contributed by atoms with Gasteiger partial charge in [0, 0.05) is 12.3 Å². The van der Waals surface area contributed by atoms with E-state index in [9.17, 15) is 21.6 Å². The molecule has 0 saturated heterocycles. The molecule has 0 aromatic heterocycles. The van der Waals surface area contributed by atoms with E-state index in [4.69, 9.17) is 5.26 Å². The van der Waals surface area contributed by atoms with E-state index in [-0.39, 0.29) is 23.5 Å². The molecule has 0 bridgehead atoms. The van der Waals surface area contributed by atoms with Crippen LogP contribution in [-0.2, 0) is 14.3 Å². The van der Waals surface area contributed by atoms with Crippen LogP contribution < -0.4 is 0 Å². The quantitative estimate of drug-likeness (QED) is 0.580. The summed E-state index contributed by atoms with van der Waals surface area (Å²) in [6.07, 6.45) is 4.03. The Morgan fingerprint density at radius 2 is 2.05 bits per heavy atom. The highest BCUT2D eigenvalue weighted by molar-refractivity contribution is 7.87. The number of hydrogen-bond donors (Lipinski definition) is 0. The second-order valence-corrected chi connectivity index (χ2v) is 6.63. The van der Waals surface area contributed by atoms with Crippen LogP contribution in [-0.4, -0.2) is 13.9 Å². The minimum absolute atomic E-state index is 0.00905. The molecular weight excluding hydrogens is 283 g/mol. The molecule has 2 aliphatic rings. The van der Waals surface area contributed by atoms with Crippen molar-refractivity contribution in [1.82, 2.24) is 0 Å². The highest BCUT2D eigenvalue weighted by Gasteiger charge is 2.50. The first-order valence-electron chi connectivity index (χ1n) is 5.77. The zero-order chi connectivity index (χ0) is 14.3. The van der Waals surface area contributed by atoms with Crippen LogP contribution in [0.2, 0.25) is 0 Å². The van der Waals surface area contributed by atoms with Crippen LogP contribution in [0.4, 0.5) is 13.2 Å². The lowest BCUT2D eigenvalue weighted by atomic mass is 9.57. The number of halogens is 3. The van der Waals surface area contributed by atoms with E-state index >= 15 is 0 Å². The van der Waals surface area contributed by atoms with E-state index in [0.29, 0.717) is 12.8 Å². The first-order chi connectivity index (χ1) is 8.67. The molecule has 1 saturated carbocycles. The molecule has 2 rings (SSSR count). The molecule has 106 valence electrons. The highest BCUT2D eigenvalue weighted by Crippen LogP contribution is 2.54. The predicted molar refractivity (Wildman–Crippen MR) is 58.8 cm³/mol. The zero-order valence-electron chi connectivity index (χ0n) is 9.90. The summed E-state index contributed by atoms with van der Waals surface area (Å²) in [5, 5.41) is 8.70. The Balaban J connectivity index is 1.98. The van der Waals surface area contributed by atoms with Crippen LogP contribution in [0.1, 0.15) is 32.1 Å². The number of nitriles is 1. The van der Waals surface area contributed by atoms with E-state index in [1.807, 2.05) is 0 Å². The summed E-state index contributed by atoms with van der Waals surface area (Å²) in [7, 11) is -5.56. The van der Waals surface area contributed by atoms with E-state index in [0.717, 1.165) is 12.8 Å². The molecule has 1 fully saturated rings. The van der Waals surface area contributed by atoms with Gasteiger partial charge in [-0.25, -0.2) is 0 Å². The summed E-state index contributed by atoms with van der Waals surface area (Å²) < 4.78 is 62.2. The second-order valence-electron chi connectivity index (χ2n) is 5.09. The molecule has 0 heterocycles. The van der Waals surface area contributed by atoms with E-state index in [2.05, 4.69) is 10.3 Å². The van der Waals surface area contributed by atoms with Crippen LogP contribution in [0.3, 0.4) is 0 Å². The zero-order valence-corrected chi connectivity index (χ0v) is 10.7. The predicted octanol–water partition coefficient (Wildman–Crippen LogP) is 2.84. The summed E-state index contributed by atoms with van der Waals surface area (Å²) in [4.78, 5) is 0. The Hall–Kier alpha value is -1.23. The number of rotatable bonds is 2. The largest absolute Gasteiger partial charge is 0.534 e. The Morgan fingerprint density at radius 1 is 1.42 bits per heavy atom. The van der Waals surface area contributed by atoms with Crippen molar-refractivity contribution in [2.24, 2.45) is 11.3 Å². The Bertz CT molecular complexity index is 539. The lowest BCUT2D eigenvalue weighted by Crippen LogP contribution is -2.38. The Kier molecular flexibility index (Phi) is 3.29. The fourth-order valence-electron chi connectivity index (χ4n) is 2.63. The minimum Gasteiger partial charge on any atom is -0.381 e. The second kappa shape index (κ2) is 4.40. The molecule has 0 atom stereocenters. The normalized spacial score (nSPS) is 31.3. The highest BCUT2D eigenvalue weighted by atomic mass is 32.2. The van der Waals surface area contributed by atoms with Crippen LogP contribution in [0.25, 0.3) is 0 Å². The standard InChI is InChI=1S/C11H12F3NO3S/c12-11(13,14)19(16,17)18-9-1-3-10(4-2-9)5-8(6-10)7-15/h1,8H,2-6H2. The third-order valence-electron chi connectivity index (χ3n) is 3.71. The molecule has 0 amide bonds. The maximum atomic E-state index is 12.1. The van der Waals surface area contributed by atoms with Crippen molar-refractivity contribution in [3.8, 4) is 6.07 Å². The monoisotopic (exact) mass is 295 g/mol. The maximum Gasteiger partial charge on any atom is 0.534 e. The van der Waals surface area contributed by atoms with E-state index in [1.54, 1.807) is 0 Å². The van der Waals surface area contributed by atoms with Gasteiger partial charge in [0.25, 0.3) is 0 Å². The fraction of sp³-hybridized carbons (Fsp3) is 0.727. The van der Waals surface area contributed by atoms with Gasteiger partial charge < -0.3 is 4.18 Å². The van der Waals surface area contributed by atoms with Crippen LogP contribution in [0.5, 0.6) is 0 Å². The molecule has 0 unspecified atom stereocenters. The first-order valence-corrected chi connectivity index (χ1v) is 7.18. The van der Waals surface area contributed by atoms with Crippen molar-refractivity contribution in [1.29, 1.82) is 5.26 Å².